The van der Waals surface area contributed by atoms with Crippen LogP contribution in [0.4, 0.5) is 11.4 Å². The molecule has 7 heteroatoms. The normalized spacial score (nSPS) is 16.9. The van der Waals surface area contributed by atoms with Crippen molar-refractivity contribution in [1.29, 1.82) is 0 Å². The summed E-state index contributed by atoms with van der Waals surface area (Å²) in [4.78, 5) is 21.3. The number of likely N-dealkylation sites (N-methyl/N-ethyl adjacent to an activating group) is 1. The second-order valence-electron chi connectivity index (χ2n) is 10.4. The maximum Gasteiger partial charge on any atom is 0.227 e. The van der Waals surface area contributed by atoms with Crippen molar-refractivity contribution in [2.24, 2.45) is 5.92 Å². The third-order valence-electron chi connectivity index (χ3n) is 6.99. The molecular weight excluding hydrogens is 472 g/mol. The number of pyridine rings is 1. The van der Waals surface area contributed by atoms with Crippen LogP contribution in [0.3, 0.4) is 0 Å². The molecule has 4 rings (SSSR count). The molecule has 7 nitrogen and oxygen atoms in total. The first-order valence-corrected chi connectivity index (χ1v) is 13.3. The molecule has 1 aromatic heterocycles. The molecule has 2 heterocycles. The van der Waals surface area contributed by atoms with Gasteiger partial charge in [-0.05, 0) is 67.8 Å². The summed E-state index contributed by atoms with van der Waals surface area (Å²) in [6, 6.07) is 7.90. The number of nitrogens with one attached hydrogen (secondary N) is 2. The fourth-order valence-electron chi connectivity index (χ4n) is 4.44. The highest BCUT2D eigenvalue weighted by Gasteiger charge is 2.29. The number of hydrogen-bond donors (Lipinski definition) is 3. The van der Waals surface area contributed by atoms with Crippen molar-refractivity contribution >= 4 is 17.3 Å². The van der Waals surface area contributed by atoms with Crippen molar-refractivity contribution in [3.8, 4) is 11.1 Å². The van der Waals surface area contributed by atoms with Gasteiger partial charge in [0.2, 0.25) is 5.91 Å². The molecule has 1 aliphatic heterocycles. The number of amides is 1. The summed E-state index contributed by atoms with van der Waals surface area (Å²) < 4.78 is 0. The number of piperazine rings is 1. The van der Waals surface area contributed by atoms with Gasteiger partial charge >= 0.3 is 0 Å². The molecule has 2 aliphatic rings. The number of carbonyl (C=O) groups excluding carboxylic acids is 1. The van der Waals surface area contributed by atoms with E-state index >= 15 is 0 Å². The van der Waals surface area contributed by atoms with Crippen molar-refractivity contribution in [3.05, 3.63) is 90.6 Å². The Labute approximate surface area is 226 Å². The largest absolute Gasteiger partial charge is 0.398 e. The van der Waals surface area contributed by atoms with Gasteiger partial charge in [-0.2, -0.15) is 0 Å². The Morgan fingerprint density at radius 1 is 1.11 bits per heavy atom. The summed E-state index contributed by atoms with van der Waals surface area (Å²) in [5, 5.41) is 6.39. The van der Waals surface area contributed by atoms with E-state index in [0.717, 1.165) is 79.2 Å². The lowest BCUT2D eigenvalue weighted by Crippen LogP contribution is -2.44. The molecule has 1 saturated heterocycles. The number of rotatable bonds is 11. The smallest absolute Gasteiger partial charge is 0.227 e. The van der Waals surface area contributed by atoms with E-state index in [0.29, 0.717) is 17.8 Å². The summed E-state index contributed by atoms with van der Waals surface area (Å²) in [6.45, 7) is 15.7. The Hall–Kier alpha value is -3.68. The third kappa shape index (κ3) is 7.91. The van der Waals surface area contributed by atoms with Gasteiger partial charge in [-0.15, -0.1) is 0 Å². The summed E-state index contributed by atoms with van der Waals surface area (Å²) in [5.41, 5.74) is 13.5. The van der Waals surface area contributed by atoms with Gasteiger partial charge in [-0.25, -0.2) is 0 Å². The first-order chi connectivity index (χ1) is 18.3. The van der Waals surface area contributed by atoms with Crippen LogP contribution < -0.4 is 16.4 Å². The highest BCUT2D eigenvalue weighted by atomic mass is 16.2. The minimum atomic E-state index is 0.0704. The van der Waals surface area contributed by atoms with Crippen LogP contribution in [0.25, 0.3) is 11.1 Å². The molecule has 1 amide bonds. The van der Waals surface area contributed by atoms with Gasteiger partial charge in [0.25, 0.3) is 0 Å². The fraction of sp³-hybridized carbons (Fsp3) is 0.355. The highest BCUT2D eigenvalue weighted by molar-refractivity contribution is 5.94. The number of hydrogen-bond acceptors (Lipinski definition) is 6. The predicted molar refractivity (Wildman–Crippen MR) is 157 cm³/mol. The molecule has 0 unspecified atom stereocenters. The summed E-state index contributed by atoms with van der Waals surface area (Å²) in [6.07, 6.45) is 12.1. The van der Waals surface area contributed by atoms with Crippen LogP contribution >= 0.6 is 0 Å². The van der Waals surface area contributed by atoms with Crippen molar-refractivity contribution in [2.45, 2.75) is 26.2 Å². The Balaban J connectivity index is 1.35. The Bertz CT molecular complexity index is 1230. The zero-order valence-corrected chi connectivity index (χ0v) is 22.7. The summed E-state index contributed by atoms with van der Waals surface area (Å²) >= 11 is 0. The number of nitrogen functional groups attached to an aromatic ring is 1. The minimum absolute atomic E-state index is 0.0704. The minimum Gasteiger partial charge on any atom is -0.398 e. The van der Waals surface area contributed by atoms with E-state index < -0.39 is 0 Å². The van der Waals surface area contributed by atoms with E-state index in [-0.39, 0.29) is 11.8 Å². The average molecular weight is 513 g/mol. The number of aromatic nitrogens is 1. The standard InChI is InChI=1S/C31H40N6O/c1-5-28(10-6-22(2)21-37-14-12-36(4)13-15-37)34-23(3)16-26-17-25(9-11-30(26)32)27-18-29(20-33-19-27)35-31(38)24-7-8-24/h5-6,9-11,17-20,24,34H,2-3,7-8,12-16,21,32H2,1,4H3,(H,35,38)/b10-6-,28-5+. The molecular formula is C31H40N6O. The molecule has 0 spiro atoms. The molecule has 1 aromatic carbocycles. The van der Waals surface area contributed by atoms with Crippen LogP contribution in [0, 0.1) is 5.92 Å². The molecule has 0 bridgehead atoms. The zero-order chi connectivity index (χ0) is 27.1. The molecule has 0 radical (unpaired) electrons. The van der Waals surface area contributed by atoms with Crippen LogP contribution in [0.15, 0.2) is 85.0 Å². The van der Waals surface area contributed by atoms with E-state index in [4.69, 9.17) is 5.73 Å². The lowest BCUT2D eigenvalue weighted by molar-refractivity contribution is -0.117. The summed E-state index contributed by atoms with van der Waals surface area (Å²) in [7, 11) is 2.17. The third-order valence-corrected chi connectivity index (χ3v) is 6.99. The van der Waals surface area contributed by atoms with Crippen LogP contribution in [0.2, 0.25) is 0 Å². The van der Waals surface area contributed by atoms with Crippen LogP contribution in [-0.4, -0.2) is 60.5 Å². The molecule has 4 N–H and O–H groups in total. The number of anilines is 2. The van der Waals surface area contributed by atoms with Crippen molar-refractivity contribution in [1.82, 2.24) is 20.1 Å². The first kappa shape index (κ1) is 27.4. The molecule has 2 aromatic rings. The predicted octanol–water partition coefficient (Wildman–Crippen LogP) is 4.59. The van der Waals surface area contributed by atoms with Gasteiger partial charge in [0.05, 0.1) is 11.9 Å². The second kappa shape index (κ2) is 12.7. The van der Waals surface area contributed by atoms with E-state index in [9.17, 15) is 4.79 Å². The molecule has 1 saturated carbocycles. The molecule has 38 heavy (non-hydrogen) atoms. The molecule has 0 atom stereocenters. The van der Waals surface area contributed by atoms with E-state index in [1.54, 1.807) is 12.4 Å². The highest BCUT2D eigenvalue weighted by Crippen LogP contribution is 2.31. The average Bonchev–Trinajstić information content (AvgIpc) is 3.75. The first-order valence-electron chi connectivity index (χ1n) is 13.3. The lowest BCUT2D eigenvalue weighted by Gasteiger charge is -2.32. The van der Waals surface area contributed by atoms with Crippen molar-refractivity contribution in [2.75, 3.05) is 50.8 Å². The van der Waals surface area contributed by atoms with Gasteiger partial charge < -0.3 is 21.3 Å². The van der Waals surface area contributed by atoms with E-state index in [1.807, 2.05) is 31.2 Å². The van der Waals surface area contributed by atoms with Gasteiger partial charge in [-0.1, -0.05) is 31.4 Å². The van der Waals surface area contributed by atoms with Crippen LogP contribution in [0.1, 0.15) is 25.3 Å². The van der Waals surface area contributed by atoms with E-state index in [1.165, 1.54) is 0 Å². The fourth-order valence-corrected chi connectivity index (χ4v) is 4.44. The molecule has 1 aliphatic carbocycles. The molecule has 200 valence electrons. The topological polar surface area (TPSA) is 86.5 Å². The SMILES string of the molecule is C=C(/C=C\C(=C/C)NC(=C)Cc1cc(-c2cncc(NC(=O)C3CC3)c2)ccc1N)CN1CCN(C)CC1. The number of allylic oxidation sites excluding steroid dienone is 3. The maximum atomic E-state index is 12.1. The Morgan fingerprint density at radius 3 is 2.58 bits per heavy atom. The summed E-state index contributed by atoms with van der Waals surface area (Å²) in [5.74, 6) is 0.216. The van der Waals surface area contributed by atoms with Crippen LogP contribution in [0.5, 0.6) is 0 Å². The maximum absolute atomic E-state index is 12.1. The quantitative estimate of drug-likeness (QED) is 0.302. The number of benzene rings is 1. The van der Waals surface area contributed by atoms with Gasteiger partial charge in [0, 0.05) is 73.9 Å². The van der Waals surface area contributed by atoms with Crippen molar-refractivity contribution < 1.29 is 4.79 Å². The molecule has 2 fully saturated rings. The van der Waals surface area contributed by atoms with Gasteiger partial charge in [0.1, 0.15) is 0 Å². The monoisotopic (exact) mass is 512 g/mol. The second-order valence-corrected chi connectivity index (χ2v) is 10.4. The van der Waals surface area contributed by atoms with Crippen molar-refractivity contribution in [3.63, 3.8) is 0 Å². The number of carbonyl (C=O) groups is 1. The van der Waals surface area contributed by atoms with Gasteiger partial charge in [-0.3, -0.25) is 14.7 Å². The van der Waals surface area contributed by atoms with Gasteiger partial charge in [0.15, 0.2) is 0 Å². The lowest BCUT2D eigenvalue weighted by atomic mass is 10.00. The Kier molecular flexibility index (Phi) is 9.15. The zero-order valence-electron chi connectivity index (χ0n) is 22.7. The number of nitrogens with two attached hydrogens (primary N) is 1. The van der Waals surface area contributed by atoms with E-state index in [2.05, 4.69) is 63.8 Å². The van der Waals surface area contributed by atoms with Crippen LogP contribution in [-0.2, 0) is 11.2 Å². The Morgan fingerprint density at radius 2 is 1.87 bits per heavy atom. The number of nitrogens with zero attached hydrogens (tertiary/aromatic N) is 3.